The van der Waals surface area contributed by atoms with Crippen molar-refractivity contribution in [2.24, 2.45) is 0 Å². The fraction of sp³-hybridized carbons (Fsp3) is 0.407. The third-order valence-corrected chi connectivity index (χ3v) is 18.9. The van der Waals surface area contributed by atoms with Gasteiger partial charge in [-0.3, -0.25) is 0 Å². The summed E-state index contributed by atoms with van der Waals surface area (Å²) < 4.78 is 84.2. The first-order valence-electron chi connectivity index (χ1n) is 24.8. The molecule has 0 aliphatic carbocycles. The Morgan fingerprint density at radius 2 is 1.01 bits per heavy atom. The first-order valence-corrected chi connectivity index (χ1v) is 28.1. The summed E-state index contributed by atoms with van der Waals surface area (Å²) in [4.78, 5) is 27.2. The number of aromatic nitrogens is 4. The second-order valence-electron chi connectivity index (χ2n) is 21.1. The number of halogens is 2. The Kier molecular flexibility index (Phi) is 15.8. The standard InChI is InChI=1S/C54H68F2N12O4S2/c1-36-33-57-51(60-42-16-18-47(44(55)30-42)67-24-20-65(8)21-25-67)63-49(36)58-40-14-11-13-39(29-40)35-74(71,72)54(6,7)32-46-37(2)50(59-41-15-10-12-38(28-41)34-73(69,70)53(3,4)5)64-52(62-46)61-43-17-19-48(45(56)31-43)68-26-22-66(9)23-27-68/h10-19,28-31,33H,20-27,32,34-35H2,1-9H3,(H2,57,58,60,63)(H2,59,61,62,64). The van der Waals surface area contributed by atoms with E-state index in [0.29, 0.717) is 81.2 Å². The summed E-state index contributed by atoms with van der Waals surface area (Å²) in [6, 6.07) is 24.1. The first-order chi connectivity index (χ1) is 34.9. The van der Waals surface area contributed by atoms with Crippen molar-refractivity contribution < 1.29 is 25.6 Å². The molecule has 20 heteroatoms. The van der Waals surface area contributed by atoms with Crippen molar-refractivity contribution in [3.63, 3.8) is 0 Å². The van der Waals surface area contributed by atoms with Crippen LogP contribution in [0.2, 0.25) is 0 Å². The molecule has 2 aliphatic rings. The lowest BCUT2D eigenvalue weighted by molar-refractivity contribution is 0.311. The molecule has 2 fully saturated rings. The summed E-state index contributed by atoms with van der Waals surface area (Å²) in [5.41, 5.74) is 6.03. The smallest absolute Gasteiger partial charge is 0.229 e. The average Bonchev–Trinajstić information content (AvgIpc) is 3.32. The van der Waals surface area contributed by atoms with Gasteiger partial charge in [-0.1, -0.05) is 24.3 Å². The van der Waals surface area contributed by atoms with Gasteiger partial charge in [0.05, 0.1) is 38.1 Å². The molecule has 16 nitrogen and oxygen atoms in total. The van der Waals surface area contributed by atoms with Gasteiger partial charge in [0.25, 0.3) is 0 Å². The molecule has 0 radical (unpaired) electrons. The lowest BCUT2D eigenvalue weighted by Crippen LogP contribution is -2.44. The Morgan fingerprint density at radius 1 is 0.554 bits per heavy atom. The SMILES string of the molecule is Cc1cnc(Nc2ccc(N3CCN(C)CC3)c(F)c2)nc1Nc1cccc(CS(=O)(=O)C(C)(C)Cc2nc(Nc3ccc(N4CCN(C)CC4)c(F)c3)nc(Nc3cccc(CS(=O)(=O)C(C)(C)C)c3)c2C)c1. The third-order valence-electron chi connectivity index (χ3n) is 13.8. The van der Waals surface area contributed by atoms with Gasteiger partial charge in [0.1, 0.15) is 23.3 Å². The first kappa shape index (κ1) is 53.8. The number of piperazine rings is 2. The summed E-state index contributed by atoms with van der Waals surface area (Å²) in [5.74, 6) is 0.0333. The largest absolute Gasteiger partial charge is 0.367 e. The fourth-order valence-corrected chi connectivity index (χ4v) is 11.1. The van der Waals surface area contributed by atoms with Crippen molar-refractivity contribution >= 4 is 77.3 Å². The highest BCUT2D eigenvalue weighted by Crippen LogP contribution is 2.34. The van der Waals surface area contributed by atoms with E-state index in [2.05, 4.69) is 48.1 Å². The van der Waals surface area contributed by atoms with Crippen LogP contribution in [0.25, 0.3) is 0 Å². The van der Waals surface area contributed by atoms with Crippen LogP contribution in [0.4, 0.5) is 66.4 Å². The quantitative estimate of drug-likeness (QED) is 0.0678. The molecule has 8 rings (SSSR count). The summed E-state index contributed by atoms with van der Waals surface area (Å²) in [6.07, 6.45) is 1.64. The predicted molar refractivity (Wildman–Crippen MR) is 295 cm³/mol. The molecular formula is C54H68F2N12O4S2. The van der Waals surface area contributed by atoms with Gasteiger partial charge in [-0.05, 0) is 134 Å². The van der Waals surface area contributed by atoms with Gasteiger partial charge in [0.15, 0.2) is 19.7 Å². The monoisotopic (exact) mass is 1050 g/mol. The van der Waals surface area contributed by atoms with Crippen LogP contribution in [-0.2, 0) is 37.6 Å². The van der Waals surface area contributed by atoms with Crippen LogP contribution in [0.5, 0.6) is 0 Å². The number of anilines is 10. The van der Waals surface area contributed by atoms with Crippen LogP contribution >= 0.6 is 0 Å². The molecule has 0 spiro atoms. The van der Waals surface area contributed by atoms with Gasteiger partial charge in [0.2, 0.25) is 11.9 Å². The number of hydrogen-bond donors (Lipinski definition) is 4. The zero-order valence-electron chi connectivity index (χ0n) is 43.7. The third kappa shape index (κ3) is 12.9. The minimum absolute atomic E-state index is 0.00998. The fourth-order valence-electron chi connectivity index (χ4n) is 8.69. The van der Waals surface area contributed by atoms with Crippen molar-refractivity contribution in [1.82, 2.24) is 29.7 Å². The summed E-state index contributed by atoms with van der Waals surface area (Å²) in [6.45, 7) is 18.3. The van der Waals surface area contributed by atoms with E-state index in [9.17, 15) is 16.8 Å². The summed E-state index contributed by atoms with van der Waals surface area (Å²) in [5, 5.41) is 12.9. The summed E-state index contributed by atoms with van der Waals surface area (Å²) >= 11 is 0. The molecule has 4 heterocycles. The molecule has 2 saturated heterocycles. The Morgan fingerprint density at radius 3 is 1.51 bits per heavy atom. The Balaban J connectivity index is 1.01. The van der Waals surface area contributed by atoms with E-state index in [4.69, 9.17) is 9.97 Å². The van der Waals surface area contributed by atoms with Crippen molar-refractivity contribution in [1.29, 1.82) is 0 Å². The zero-order chi connectivity index (χ0) is 53.2. The average molecular weight is 1050 g/mol. The maximum absolute atomic E-state index is 15.7. The van der Waals surface area contributed by atoms with Crippen molar-refractivity contribution in [2.75, 3.05) is 97.5 Å². The van der Waals surface area contributed by atoms with Crippen molar-refractivity contribution in [3.05, 3.63) is 131 Å². The minimum Gasteiger partial charge on any atom is -0.367 e. The maximum atomic E-state index is 15.7. The molecule has 2 aromatic heterocycles. The van der Waals surface area contributed by atoms with Gasteiger partial charge < -0.3 is 40.9 Å². The second kappa shape index (κ2) is 21.8. The van der Waals surface area contributed by atoms with E-state index >= 15 is 8.78 Å². The van der Waals surface area contributed by atoms with E-state index in [0.717, 1.165) is 44.8 Å². The van der Waals surface area contributed by atoms with E-state index in [1.54, 1.807) is 114 Å². The van der Waals surface area contributed by atoms with Crippen LogP contribution in [0.3, 0.4) is 0 Å². The van der Waals surface area contributed by atoms with Crippen LogP contribution < -0.4 is 31.1 Å². The second-order valence-corrected chi connectivity index (χ2v) is 26.4. The van der Waals surface area contributed by atoms with Gasteiger partial charge >= 0.3 is 0 Å². The predicted octanol–water partition coefficient (Wildman–Crippen LogP) is 9.29. The molecule has 0 amide bonds. The molecule has 6 aromatic rings. The van der Waals surface area contributed by atoms with E-state index in [1.165, 1.54) is 12.1 Å². The Labute approximate surface area is 434 Å². The van der Waals surface area contributed by atoms with Crippen LogP contribution in [0.1, 0.15) is 62.6 Å². The lowest BCUT2D eigenvalue weighted by atomic mass is 10.0. The van der Waals surface area contributed by atoms with Crippen LogP contribution in [0, 0.1) is 25.5 Å². The lowest BCUT2D eigenvalue weighted by Gasteiger charge is -2.34. The summed E-state index contributed by atoms with van der Waals surface area (Å²) in [7, 11) is -3.29. The Hall–Kier alpha value is -6.48. The van der Waals surface area contributed by atoms with E-state index < -0.39 is 35.0 Å². The van der Waals surface area contributed by atoms with Crippen LogP contribution in [-0.4, -0.2) is 123 Å². The number of sulfone groups is 2. The number of likely N-dealkylation sites (N-methyl/N-ethyl adjacent to an activating group) is 2. The minimum atomic E-state index is -3.90. The van der Waals surface area contributed by atoms with Gasteiger partial charge in [-0.2, -0.15) is 9.97 Å². The van der Waals surface area contributed by atoms with E-state index in [1.807, 2.05) is 29.8 Å². The number of nitrogens with one attached hydrogen (secondary N) is 4. The Bertz CT molecular complexity index is 3230. The molecule has 4 N–H and O–H groups in total. The highest BCUT2D eigenvalue weighted by molar-refractivity contribution is 7.92. The molecule has 0 unspecified atom stereocenters. The van der Waals surface area contributed by atoms with Gasteiger partial charge in [-0.15, -0.1) is 0 Å². The molecule has 0 saturated carbocycles. The molecule has 74 heavy (non-hydrogen) atoms. The van der Waals surface area contributed by atoms with Crippen molar-refractivity contribution in [3.8, 4) is 0 Å². The van der Waals surface area contributed by atoms with Gasteiger partial charge in [-0.25, -0.2) is 35.6 Å². The number of rotatable bonds is 17. The highest BCUT2D eigenvalue weighted by Gasteiger charge is 2.36. The highest BCUT2D eigenvalue weighted by atomic mass is 32.2. The molecule has 2 aliphatic heterocycles. The number of benzene rings is 4. The van der Waals surface area contributed by atoms with Crippen molar-refractivity contribution in [2.45, 2.75) is 75.9 Å². The molecule has 0 bridgehead atoms. The zero-order valence-corrected chi connectivity index (χ0v) is 45.4. The topological polar surface area (TPSA) is 181 Å². The number of hydrogen-bond acceptors (Lipinski definition) is 16. The normalized spacial score (nSPS) is 15.3. The van der Waals surface area contributed by atoms with Crippen LogP contribution in [0.15, 0.2) is 91.1 Å². The maximum Gasteiger partial charge on any atom is 0.229 e. The van der Waals surface area contributed by atoms with Gasteiger partial charge in [0, 0.05) is 98.9 Å². The number of aryl methyl sites for hydroxylation is 1. The number of nitrogens with zero attached hydrogens (tertiary/aromatic N) is 8. The molecular weight excluding hydrogens is 983 g/mol. The molecule has 4 aromatic carbocycles. The van der Waals surface area contributed by atoms with E-state index in [-0.39, 0.29) is 35.6 Å². The molecule has 394 valence electrons. The molecule has 0 atom stereocenters.